The number of nitrogens with one attached hydrogen (secondary N) is 3. The molecule has 0 aliphatic carbocycles. The predicted molar refractivity (Wildman–Crippen MR) is 80.7 cm³/mol. The number of hydrogen-bond donors (Lipinski definition) is 3. The number of carbonyl (C=O) groups excluding carboxylic acids is 2. The molecule has 5 heteroatoms. The first-order chi connectivity index (χ1) is 9.95. The number of carbonyl (C=O) groups is 2. The van der Waals surface area contributed by atoms with Crippen LogP contribution in [0.4, 0.5) is 0 Å². The largest absolute Gasteiger partial charge is 0.354 e. The molecule has 2 unspecified atom stereocenters. The molecule has 1 aromatic heterocycles. The molecule has 21 heavy (non-hydrogen) atoms. The van der Waals surface area contributed by atoms with E-state index in [0.29, 0.717) is 23.3 Å². The van der Waals surface area contributed by atoms with Crippen LogP contribution < -0.4 is 10.6 Å². The van der Waals surface area contributed by atoms with Gasteiger partial charge < -0.3 is 15.6 Å². The summed E-state index contributed by atoms with van der Waals surface area (Å²) >= 11 is 0. The second kappa shape index (κ2) is 5.30. The minimum atomic E-state index is -0.0885. The van der Waals surface area contributed by atoms with E-state index in [4.69, 9.17) is 0 Å². The minimum Gasteiger partial charge on any atom is -0.354 e. The summed E-state index contributed by atoms with van der Waals surface area (Å²) in [6.45, 7) is 5.21. The van der Waals surface area contributed by atoms with Gasteiger partial charge in [-0.15, -0.1) is 0 Å². The molecule has 2 bridgehead atoms. The molecule has 1 aromatic rings. The van der Waals surface area contributed by atoms with Gasteiger partial charge in [-0.05, 0) is 52.0 Å². The zero-order valence-corrected chi connectivity index (χ0v) is 12.9. The van der Waals surface area contributed by atoms with Crippen molar-refractivity contribution in [2.45, 2.75) is 64.6 Å². The zero-order chi connectivity index (χ0) is 15.1. The molecule has 2 aliphatic heterocycles. The number of aryl methyl sites for hydroxylation is 1. The van der Waals surface area contributed by atoms with Gasteiger partial charge in [0, 0.05) is 29.4 Å². The van der Waals surface area contributed by atoms with Gasteiger partial charge in [0.1, 0.15) is 5.69 Å². The highest BCUT2D eigenvalue weighted by atomic mass is 16.2. The second-order valence-corrected chi connectivity index (χ2v) is 6.46. The summed E-state index contributed by atoms with van der Waals surface area (Å²) in [6.07, 6.45) is 4.43. The van der Waals surface area contributed by atoms with E-state index in [1.807, 2.05) is 13.8 Å². The third-order valence-corrected chi connectivity index (χ3v) is 4.82. The van der Waals surface area contributed by atoms with E-state index in [-0.39, 0.29) is 17.7 Å². The van der Waals surface area contributed by atoms with Gasteiger partial charge in [0.25, 0.3) is 5.91 Å². The van der Waals surface area contributed by atoms with Crippen LogP contribution in [0.1, 0.15) is 64.7 Å². The van der Waals surface area contributed by atoms with Gasteiger partial charge >= 0.3 is 0 Å². The lowest BCUT2D eigenvalue weighted by atomic mass is 9.99. The van der Waals surface area contributed by atoms with E-state index in [1.165, 1.54) is 19.8 Å². The van der Waals surface area contributed by atoms with E-state index in [0.717, 1.165) is 24.1 Å². The van der Waals surface area contributed by atoms with Crippen LogP contribution in [0.3, 0.4) is 0 Å². The van der Waals surface area contributed by atoms with Gasteiger partial charge in [0.05, 0.1) is 0 Å². The molecule has 3 rings (SSSR count). The van der Waals surface area contributed by atoms with Gasteiger partial charge in [-0.2, -0.15) is 0 Å². The smallest absolute Gasteiger partial charge is 0.268 e. The van der Waals surface area contributed by atoms with Crippen LogP contribution in [-0.2, 0) is 0 Å². The predicted octanol–water partition coefficient (Wildman–Crippen LogP) is 1.85. The highest BCUT2D eigenvalue weighted by molar-refractivity contribution is 6.02. The number of H-pyrrole nitrogens is 1. The van der Waals surface area contributed by atoms with Gasteiger partial charge in [-0.25, -0.2) is 0 Å². The van der Waals surface area contributed by atoms with Crippen molar-refractivity contribution in [3.8, 4) is 0 Å². The lowest BCUT2D eigenvalue weighted by Gasteiger charge is -2.29. The Morgan fingerprint density at radius 3 is 2.29 bits per heavy atom. The molecule has 0 aromatic carbocycles. The van der Waals surface area contributed by atoms with E-state index in [2.05, 4.69) is 15.6 Å². The standard InChI is InChI=1S/C16H23N3O2/c1-8-14(10(3)20)9(2)17-15(8)16(21)19-13-6-11-4-5-12(7-13)18-11/h11-13,17-18H,4-7H2,1-3H3,(H,19,21). The van der Waals surface area contributed by atoms with Crippen molar-refractivity contribution in [3.05, 3.63) is 22.5 Å². The van der Waals surface area contributed by atoms with Crippen molar-refractivity contribution >= 4 is 11.7 Å². The van der Waals surface area contributed by atoms with Crippen molar-refractivity contribution in [3.63, 3.8) is 0 Å². The van der Waals surface area contributed by atoms with Gasteiger partial charge in [0.2, 0.25) is 0 Å². The molecule has 2 aliphatic rings. The van der Waals surface area contributed by atoms with E-state index in [9.17, 15) is 9.59 Å². The number of hydrogen-bond acceptors (Lipinski definition) is 3. The summed E-state index contributed by atoms with van der Waals surface area (Å²) in [7, 11) is 0. The number of Topliss-reactive ketones (excluding diaryl/α,β-unsaturated/α-hetero) is 1. The van der Waals surface area contributed by atoms with Crippen LogP contribution in [-0.4, -0.2) is 34.8 Å². The maximum atomic E-state index is 12.5. The fraction of sp³-hybridized carbons (Fsp3) is 0.625. The topological polar surface area (TPSA) is 74.0 Å². The summed E-state index contributed by atoms with van der Waals surface area (Å²) in [5, 5.41) is 6.70. The van der Waals surface area contributed by atoms with Crippen molar-refractivity contribution < 1.29 is 9.59 Å². The Balaban J connectivity index is 1.74. The Labute approximate surface area is 124 Å². The molecule has 3 N–H and O–H groups in total. The lowest BCUT2D eigenvalue weighted by Crippen LogP contribution is -2.48. The highest BCUT2D eigenvalue weighted by Gasteiger charge is 2.34. The van der Waals surface area contributed by atoms with Crippen LogP contribution >= 0.6 is 0 Å². The Hall–Kier alpha value is -1.62. The van der Waals surface area contributed by atoms with Crippen LogP contribution in [0.25, 0.3) is 0 Å². The lowest BCUT2D eigenvalue weighted by molar-refractivity contribution is 0.0918. The van der Waals surface area contributed by atoms with Crippen LogP contribution in [0.15, 0.2) is 0 Å². The molecule has 3 heterocycles. The summed E-state index contributed by atoms with van der Waals surface area (Å²) in [4.78, 5) is 27.2. The molecule has 0 spiro atoms. The molecule has 2 fully saturated rings. The quantitative estimate of drug-likeness (QED) is 0.743. The summed E-state index contributed by atoms with van der Waals surface area (Å²) in [6, 6.07) is 1.33. The van der Waals surface area contributed by atoms with Crippen molar-refractivity contribution in [2.24, 2.45) is 0 Å². The van der Waals surface area contributed by atoms with Gasteiger partial charge in [0.15, 0.2) is 5.78 Å². The minimum absolute atomic E-state index is 0.000195. The Kier molecular flexibility index (Phi) is 3.61. The number of piperidine rings is 1. The maximum absolute atomic E-state index is 12.5. The van der Waals surface area contributed by atoms with Gasteiger partial charge in [-0.3, -0.25) is 9.59 Å². The Morgan fingerprint density at radius 2 is 1.76 bits per heavy atom. The molecule has 114 valence electrons. The monoisotopic (exact) mass is 289 g/mol. The maximum Gasteiger partial charge on any atom is 0.268 e. The fourth-order valence-electron chi connectivity index (χ4n) is 3.94. The number of amides is 1. The van der Waals surface area contributed by atoms with Crippen molar-refractivity contribution in [1.29, 1.82) is 0 Å². The zero-order valence-electron chi connectivity index (χ0n) is 12.9. The fourth-order valence-corrected chi connectivity index (χ4v) is 3.94. The SMILES string of the molecule is CC(=O)c1c(C)[nH]c(C(=O)NC2CC3CCC(C2)N3)c1C. The number of aromatic nitrogens is 1. The highest BCUT2D eigenvalue weighted by Crippen LogP contribution is 2.27. The molecule has 1 amide bonds. The molecule has 2 saturated heterocycles. The van der Waals surface area contributed by atoms with Crippen molar-refractivity contribution in [2.75, 3.05) is 0 Å². The Bertz CT molecular complexity index is 579. The number of aromatic amines is 1. The average Bonchev–Trinajstić information content (AvgIpc) is 2.89. The number of fused-ring (bicyclic) bond motifs is 2. The molecule has 0 saturated carbocycles. The van der Waals surface area contributed by atoms with E-state index < -0.39 is 0 Å². The number of rotatable bonds is 3. The number of ketones is 1. The molecule has 2 atom stereocenters. The summed E-state index contributed by atoms with van der Waals surface area (Å²) in [5.74, 6) is -0.0883. The van der Waals surface area contributed by atoms with Gasteiger partial charge in [-0.1, -0.05) is 0 Å². The van der Waals surface area contributed by atoms with Crippen molar-refractivity contribution in [1.82, 2.24) is 15.6 Å². The normalized spacial score (nSPS) is 27.7. The molecular weight excluding hydrogens is 266 g/mol. The first kappa shape index (κ1) is 14.3. The van der Waals surface area contributed by atoms with E-state index in [1.54, 1.807) is 0 Å². The van der Waals surface area contributed by atoms with Crippen LogP contribution in [0, 0.1) is 13.8 Å². The summed E-state index contributed by atoms with van der Waals surface area (Å²) < 4.78 is 0. The second-order valence-electron chi connectivity index (χ2n) is 6.46. The van der Waals surface area contributed by atoms with Crippen LogP contribution in [0.5, 0.6) is 0 Å². The molecule has 0 radical (unpaired) electrons. The first-order valence-corrected chi connectivity index (χ1v) is 7.72. The Morgan fingerprint density at radius 1 is 1.14 bits per heavy atom. The average molecular weight is 289 g/mol. The molecule has 5 nitrogen and oxygen atoms in total. The third kappa shape index (κ3) is 2.62. The van der Waals surface area contributed by atoms with E-state index >= 15 is 0 Å². The van der Waals surface area contributed by atoms with Crippen LogP contribution in [0.2, 0.25) is 0 Å². The first-order valence-electron chi connectivity index (χ1n) is 7.72. The molecular formula is C16H23N3O2. The summed E-state index contributed by atoms with van der Waals surface area (Å²) in [5.41, 5.74) is 2.71. The third-order valence-electron chi connectivity index (χ3n) is 4.82.